The lowest BCUT2D eigenvalue weighted by atomic mass is 9.90. The molecule has 0 saturated carbocycles. The smallest absolute Gasteiger partial charge is 0.180 e. The van der Waals surface area contributed by atoms with E-state index in [2.05, 4.69) is 25.2 Å². The topological polar surface area (TPSA) is 97.3 Å². The fraction of sp³-hybridized carbons (Fsp3) is 0.381. The zero-order valence-electron chi connectivity index (χ0n) is 17.4. The average Bonchev–Trinajstić information content (AvgIpc) is 3.42. The molecule has 5 rings (SSSR count). The summed E-state index contributed by atoms with van der Waals surface area (Å²) in [7, 11) is 0. The van der Waals surface area contributed by atoms with Crippen molar-refractivity contribution in [3.05, 3.63) is 53.7 Å². The van der Waals surface area contributed by atoms with Crippen molar-refractivity contribution in [2.45, 2.75) is 38.3 Å². The molecule has 9 nitrogen and oxygen atoms in total. The zero-order chi connectivity index (χ0) is 21.6. The SMILES string of the molecule is CC(C)n1cc(C2(O)CCCN(c3ccnc(-c4cnc5ccc(Cl)cn45)n3)C2)nn1. The van der Waals surface area contributed by atoms with Crippen molar-refractivity contribution in [2.75, 3.05) is 18.0 Å². The molecular formula is C21H23ClN8O. The summed E-state index contributed by atoms with van der Waals surface area (Å²) in [5.41, 5.74) is 1.05. The van der Waals surface area contributed by atoms with Crippen LogP contribution in [0.4, 0.5) is 5.82 Å². The number of aromatic nitrogens is 7. The highest BCUT2D eigenvalue weighted by atomic mass is 35.5. The number of halogens is 1. The highest BCUT2D eigenvalue weighted by molar-refractivity contribution is 6.30. The van der Waals surface area contributed by atoms with E-state index in [1.54, 1.807) is 29.3 Å². The van der Waals surface area contributed by atoms with E-state index >= 15 is 0 Å². The Morgan fingerprint density at radius 2 is 2.03 bits per heavy atom. The summed E-state index contributed by atoms with van der Waals surface area (Å²) in [6, 6.07) is 5.70. The van der Waals surface area contributed by atoms with Crippen molar-refractivity contribution in [1.29, 1.82) is 0 Å². The summed E-state index contributed by atoms with van der Waals surface area (Å²) in [6.45, 7) is 5.24. The Morgan fingerprint density at radius 1 is 1.16 bits per heavy atom. The van der Waals surface area contributed by atoms with E-state index in [9.17, 15) is 5.11 Å². The van der Waals surface area contributed by atoms with Crippen LogP contribution in [-0.4, -0.2) is 52.5 Å². The van der Waals surface area contributed by atoms with Gasteiger partial charge in [-0.1, -0.05) is 16.8 Å². The van der Waals surface area contributed by atoms with E-state index in [1.165, 1.54) is 0 Å². The summed E-state index contributed by atoms with van der Waals surface area (Å²) in [4.78, 5) is 15.7. The van der Waals surface area contributed by atoms with Gasteiger partial charge < -0.3 is 10.0 Å². The van der Waals surface area contributed by atoms with Crippen molar-refractivity contribution < 1.29 is 5.11 Å². The molecule has 160 valence electrons. The minimum absolute atomic E-state index is 0.188. The second-order valence-corrected chi connectivity index (χ2v) is 8.63. The molecule has 4 aromatic heterocycles. The molecule has 1 fully saturated rings. The zero-order valence-corrected chi connectivity index (χ0v) is 18.1. The van der Waals surface area contributed by atoms with Crippen LogP contribution in [0.25, 0.3) is 17.2 Å². The number of aliphatic hydroxyl groups is 1. The molecule has 1 unspecified atom stereocenters. The summed E-state index contributed by atoms with van der Waals surface area (Å²) >= 11 is 6.16. The van der Waals surface area contributed by atoms with Crippen LogP contribution in [-0.2, 0) is 5.60 Å². The van der Waals surface area contributed by atoms with E-state index in [4.69, 9.17) is 16.6 Å². The molecule has 0 amide bonds. The van der Waals surface area contributed by atoms with Gasteiger partial charge in [0.1, 0.15) is 28.5 Å². The molecule has 1 aliphatic rings. The van der Waals surface area contributed by atoms with Crippen LogP contribution in [0, 0.1) is 0 Å². The standard InChI is InChI=1S/C21H23ClN8O/c1-14(2)30-12-17(26-27-30)21(31)7-3-9-28(13-21)19-6-8-23-20(25-19)16-10-24-18-5-4-15(22)11-29(16)18/h4-6,8,10-12,14,31H,3,7,9,13H2,1-2H3. The molecule has 0 bridgehead atoms. The number of piperidine rings is 1. The Bertz CT molecular complexity index is 1240. The number of hydrogen-bond acceptors (Lipinski definition) is 7. The lowest BCUT2D eigenvalue weighted by Gasteiger charge is -2.38. The Balaban J connectivity index is 1.45. The summed E-state index contributed by atoms with van der Waals surface area (Å²) in [6.07, 6.45) is 8.54. The van der Waals surface area contributed by atoms with Gasteiger partial charge in [0.25, 0.3) is 0 Å². The highest BCUT2D eigenvalue weighted by Crippen LogP contribution is 2.33. The quantitative estimate of drug-likeness (QED) is 0.522. The summed E-state index contributed by atoms with van der Waals surface area (Å²) in [5, 5.41) is 20.4. The lowest BCUT2D eigenvalue weighted by Crippen LogP contribution is -2.46. The second-order valence-electron chi connectivity index (χ2n) is 8.19. The Kier molecular flexibility index (Phi) is 4.86. The Morgan fingerprint density at radius 3 is 2.84 bits per heavy atom. The number of hydrogen-bond donors (Lipinski definition) is 1. The maximum Gasteiger partial charge on any atom is 0.180 e. The Labute approximate surface area is 184 Å². The number of nitrogens with zero attached hydrogens (tertiary/aromatic N) is 8. The minimum atomic E-state index is -1.08. The monoisotopic (exact) mass is 438 g/mol. The van der Waals surface area contributed by atoms with Crippen molar-refractivity contribution in [3.8, 4) is 11.5 Å². The van der Waals surface area contributed by atoms with Gasteiger partial charge in [-0.05, 0) is 44.9 Å². The van der Waals surface area contributed by atoms with Gasteiger partial charge >= 0.3 is 0 Å². The lowest BCUT2D eigenvalue weighted by molar-refractivity contribution is 0.0174. The van der Waals surface area contributed by atoms with Crippen molar-refractivity contribution in [3.63, 3.8) is 0 Å². The summed E-state index contributed by atoms with van der Waals surface area (Å²) in [5.74, 6) is 1.29. The third kappa shape index (κ3) is 3.64. The van der Waals surface area contributed by atoms with Crippen LogP contribution in [0.1, 0.15) is 38.4 Å². The van der Waals surface area contributed by atoms with Gasteiger partial charge in [0, 0.05) is 25.0 Å². The molecule has 4 aromatic rings. The summed E-state index contributed by atoms with van der Waals surface area (Å²) < 4.78 is 3.64. The maximum atomic E-state index is 11.4. The van der Waals surface area contributed by atoms with Crippen LogP contribution in [0.5, 0.6) is 0 Å². The molecule has 0 aromatic carbocycles. The molecule has 0 aliphatic carbocycles. The van der Waals surface area contributed by atoms with Crippen LogP contribution < -0.4 is 4.90 Å². The van der Waals surface area contributed by atoms with Gasteiger partial charge in [-0.3, -0.25) is 4.40 Å². The number of imidazole rings is 1. The predicted molar refractivity (Wildman–Crippen MR) is 117 cm³/mol. The number of rotatable bonds is 4. The first-order chi connectivity index (χ1) is 14.9. The van der Waals surface area contributed by atoms with E-state index in [1.807, 2.05) is 36.6 Å². The van der Waals surface area contributed by atoms with Gasteiger partial charge in [-0.25, -0.2) is 19.6 Å². The number of anilines is 1. The molecule has 5 heterocycles. The van der Waals surface area contributed by atoms with Crippen molar-refractivity contribution in [2.24, 2.45) is 0 Å². The Hall–Kier alpha value is -3.04. The number of β-amino-alcohol motifs (C(OH)–C–C–N with tert-alkyl or cyclic N) is 1. The largest absolute Gasteiger partial charge is 0.382 e. The normalized spacial score (nSPS) is 19.5. The first-order valence-corrected chi connectivity index (χ1v) is 10.7. The molecule has 0 spiro atoms. The van der Waals surface area contributed by atoms with E-state index in [-0.39, 0.29) is 6.04 Å². The van der Waals surface area contributed by atoms with Gasteiger partial charge in [0.15, 0.2) is 5.82 Å². The molecular weight excluding hydrogens is 416 g/mol. The highest BCUT2D eigenvalue weighted by Gasteiger charge is 2.38. The van der Waals surface area contributed by atoms with Crippen LogP contribution in [0.15, 0.2) is 43.0 Å². The van der Waals surface area contributed by atoms with Gasteiger partial charge in [0.2, 0.25) is 0 Å². The van der Waals surface area contributed by atoms with E-state index in [0.29, 0.717) is 29.5 Å². The number of pyridine rings is 1. The van der Waals surface area contributed by atoms with Crippen LogP contribution in [0.2, 0.25) is 5.02 Å². The van der Waals surface area contributed by atoms with E-state index < -0.39 is 5.60 Å². The average molecular weight is 439 g/mol. The molecule has 1 N–H and O–H groups in total. The fourth-order valence-corrected chi connectivity index (χ4v) is 4.11. The molecule has 1 aliphatic heterocycles. The van der Waals surface area contributed by atoms with Gasteiger partial charge in [-0.15, -0.1) is 5.10 Å². The molecule has 31 heavy (non-hydrogen) atoms. The first kappa shape index (κ1) is 19.9. The predicted octanol–water partition coefficient (Wildman–Crippen LogP) is 3.11. The maximum absolute atomic E-state index is 11.4. The van der Waals surface area contributed by atoms with Gasteiger partial charge in [-0.2, -0.15) is 0 Å². The molecule has 10 heteroatoms. The molecule has 0 radical (unpaired) electrons. The van der Waals surface area contributed by atoms with Crippen molar-refractivity contribution in [1.82, 2.24) is 34.3 Å². The van der Waals surface area contributed by atoms with Crippen LogP contribution >= 0.6 is 11.6 Å². The second kappa shape index (κ2) is 7.58. The molecule has 1 saturated heterocycles. The van der Waals surface area contributed by atoms with Crippen LogP contribution in [0.3, 0.4) is 0 Å². The number of fused-ring (bicyclic) bond motifs is 1. The third-order valence-electron chi connectivity index (χ3n) is 5.65. The minimum Gasteiger partial charge on any atom is -0.382 e. The van der Waals surface area contributed by atoms with Gasteiger partial charge in [0.05, 0.1) is 24.0 Å². The van der Waals surface area contributed by atoms with E-state index in [0.717, 1.165) is 30.1 Å². The molecule has 1 atom stereocenters. The fourth-order valence-electron chi connectivity index (χ4n) is 3.95. The van der Waals surface area contributed by atoms with Crippen molar-refractivity contribution >= 4 is 23.1 Å². The third-order valence-corrected chi connectivity index (χ3v) is 5.87. The first-order valence-electron chi connectivity index (χ1n) is 10.3.